The van der Waals surface area contributed by atoms with Crippen molar-refractivity contribution in [1.82, 2.24) is 5.32 Å². The molecular weight excluding hydrogens is 359 g/mol. The summed E-state index contributed by atoms with van der Waals surface area (Å²) in [6, 6.07) is 10.8. The van der Waals surface area contributed by atoms with E-state index in [0.717, 1.165) is 0 Å². The van der Waals surface area contributed by atoms with Crippen LogP contribution in [0.4, 0.5) is 10.5 Å². The fraction of sp³-hybridized carbons (Fsp3) is 0.125. The first-order chi connectivity index (χ1) is 10.9. The molecule has 4 nitrogen and oxygen atoms in total. The third-order valence-electron chi connectivity index (χ3n) is 3.11. The van der Waals surface area contributed by atoms with Crippen molar-refractivity contribution in [3.8, 4) is 0 Å². The van der Waals surface area contributed by atoms with Crippen molar-refractivity contribution in [1.29, 1.82) is 0 Å². The molecule has 0 aliphatic heterocycles. The maximum atomic E-state index is 12.3. The van der Waals surface area contributed by atoms with Crippen LogP contribution in [-0.2, 0) is 0 Å². The molecule has 0 heterocycles. The lowest BCUT2D eigenvalue weighted by atomic mass is 10.2. The van der Waals surface area contributed by atoms with Crippen LogP contribution in [0.25, 0.3) is 0 Å². The number of hydrogen-bond acceptors (Lipinski definition) is 2. The van der Waals surface area contributed by atoms with Crippen LogP contribution in [0.15, 0.2) is 42.5 Å². The predicted octanol–water partition coefficient (Wildman–Crippen LogP) is 5.02. The van der Waals surface area contributed by atoms with Gasteiger partial charge in [0.15, 0.2) is 0 Å². The minimum absolute atomic E-state index is 0.0661. The van der Waals surface area contributed by atoms with Crippen molar-refractivity contribution in [2.24, 2.45) is 0 Å². The maximum Gasteiger partial charge on any atom is 0.328 e. The maximum absolute atomic E-state index is 12.3. The quantitative estimate of drug-likeness (QED) is 0.823. The van der Waals surface area contributed by atoms with E-state index in [2.05, 4.69) is 5.32 Å². The summed E-state index contributed by atoms with van der Waals surface area (Å²) >= 11 is 17.8. The van der Waals surface area contributed by atoms with Crippen molar-refractivity contribution < 1.29 is 9.59 Å². The Bertz CT molecular complexity index is 712. The standard InChI is InChI=1S/C16H13Cl3N2O2/c1-2-21(11-8-6-10(17)7-9-11)16(23)20-15(22)14-12(18)4-3-5-13(14)19/h3-9H,2H2,1H3,(H,20,22,23). The Labute approximate surface area is 148 Å². The van der Waals surface area contributed by atoms with Crippen LogP contribution < -0.4 is 10.2 Å². The lowest BCUT2D eigenvalue weighted by Crippen LogP contribution is -2.43. The van der Waals surface area contributed by atoms with Gasteiger partial charge in [-0.1, -0.05) is 40.9 Å². The normalized spacial score (nSPS) is 10.3. The Kier molecular flexibility index (Phi) is 5.88. The van der Waals surface area contributed by atoms with Gasteiger partial charge in [0.2, 0.25) is 0 Å². The molecular formula is C16H13Cl3N2O2. The zero-order valence-electron chi connectivity index (χ0n) is 12.1. The first-order valence-electron chi connectivity index (χ1n) is 6.76. The molecule has 0 fully saturated rings. The fourth-order valence-corrected chi connectivity index (χ4v) is 2.70. The molecule has 0 radical (unpaired) electrons. The SMILES string of the molecule is CCN(C(=O)NC(=O)c1c(Cl)cccc1Cl)c1ccc(Cl)cc1. The lowest BCUT2D eigenvalue weighted by Gasteiger charge is -2.21. The molecule has 0 bridgehead atoms. The number of urea groups is 1. The molecule has 0 unspecified atom stereocenters. The van der Waals surface area contributed by atoms with Crippen LogP contribution >= 0.6 is 34.8 Å². The highest BCUT2D eigenvalue weighted by molar-refractivity contribution is 6.40. The number of nitrogens with zero attached hydrogens (tertiary/aromatic N) is 1. The van der Waals surface area contributed by atoms with Crippen LogP contribution in [0.3, 0.4) is 0 Å². The van der Waals surface area contributed by atoms with E-state index >= 15 is 0 Å². The monoisotopic (exact) mass is 370 g/mol. The highest BCUT2D eigenvalue weighted by atomic mass is 35.5. The number of nitrogens with one attached hydrogen (secondary N) is 1. The largest absolute Gasteiger partial charge is 0.328 e. The van der Waals surface area contributed by atoms with Crippen molar-refractivity contribution in [2.45, 2.75) is 6.92 Å². The van der Waals surface area contributed by atoms with Crippen LogP contribution in [0, 0.1) is 0 Å². The third-order valence-corrected chi connectivity index (χ3v) is 3.99. The first kappa shape index (κ1) is 17.6. The highest BCUT2D eigenvalue weighted by Gasteiger charge is 2.21. The smallest absolute Gasteiger partial charge is 0.294 e. The van der Waals surface area contributed by atoms with E-state index in [9.17, 15) is 9.59 Å². The molecule has 2 aromatic rings. The molecule has 0 saturated carbocycles. The number of carbonyl (C=O) groups is 2. The molecule has 7 heteroatoms. The van der Waals surface area contributed by atoms with E-state index in [0.29, 0.717) is 17.3 Å². The zero-order valence-corrected chi connectivity index (χ0v) is 14.4. The summed E-state index contributed by atoms with van der Waals surface area (Å²) in [7, 11) is 0. The Morgan fingerprint density at radius 2 is 1.57 bits per heavy atom. The summed E-state index contributed by atoms with van der Waals surface area (Å²) in [6.07, 6.45) is 0. The van der Waals surface area contributed by atoms with Gasteiger partial charge < -0.3 is 0 Å². The Morgan fingerprint density at radius 3 is 2.09 bits per heavy atom. The van der Waals surface area contributed by atoms with Gasteiger partial charge in [0, 0.05) is 17.3 Å². The number of imide groups is 1. The van der Waals surface area contributed by atoms with E-state index in [-0.39, 0.29) is 15.6 Å². The molecule has 0 aliphatic rings. The number of halogens is 3. The molecule has 0 aromatic heterocycles. The molecule has 3 amide bonds. The summed E-state index contributed by atoms with van der Waals surface area (Å²) in [5, 5.41) is 3.20. The van der Waals surface area contributed by atoms with Crippen LogP contribution in [0.1, 0.15) is 17.3 Å². The second-order valence-corrected chi connectivity index (χ2v) is 5.83. The van der Waals surface area contributed by atoms with E-state index in [1.54, 1.807) is 37.3 Å². The van der Waals surface area contributed by atoms with E-state index in [1.807, 2.05) is 0 Å². The highest BCUT2D eigenvalue weighted by Crippen LogP contribution is 2.24. The molecule has 0 atom stereocenters. The van der Waals surface area contributed by atoms with Gasteiger partial charge in [-0.2, -0.15) is 0 Å². The number of carbonyl (C=O) groups excluding carboxylic acids is 2. The molecule has 0 aliphatic carbocycles. The minimum atomic E-state index is -0.655. The van der Waals surface area contributed by atoms with Crippen molar-refractivity contribution in [2.75, 3.05) is 11.4 Å². The molecule has 2 rings (SSSR count). The van der Waals surface area contributed by atoms with Gasteiger partial charge in [-0.15, -0.1) is 0 Å². The van der Waals surface area contributed by atoms with Crippen LogP contribution in [-0.4, -0.2) is 18.5 Å². The summed E-state index contributed by atoms with van der Waals surface area (Å²) < 4.78 is 0. The van der Waals surface area contributed by atoms with Gasteiger partial charge in [-0.05, 0) is 43.3 Å². The average Bonchev–Trinajstić information content (AvgIpc) is 2.49. The number of benzene rings is 2. The molecule has 0 spiro atoms. The molecule has 1 N–H and O–H groups in total. The summed E-state index contributed by atoms with van der Waals surface area (Å²) in [5.41, 5.74) is 0.684. The molecule has 0 saturated heterocycles. The van der Waals surface area contributed by atoms with Gasteiger partial charge >= 0.3 is 6.03 Å². The Hall–Kier alpha value is -1.75. The number of hydrogen-bond donors (Lipinski definition) is 1. The van der Waals surface area contributed by atoms with Gasteiger partial charge in [0.25, 0.3) is 5.91 Å². The van der Waals surface area contributed by atoms with Gasteiger partial charge in [0.05, 0.1) is 15.6 Å². The Morgan fingerprint density at radius 1 is 1.00 bits per heavy atom. The van der Waals surface area contributed by atoms with Gasteiger partial charge in [-0.25, -0.2) is 4.79 Å². The summed E-state index contributed by atoms with van der Waals surface area (Å²) in [4.78, 5) is 26.0. The molecule has 120 valence electrons. The van der Waals surface area contributed by atoms with Gasteiger partial charge in [0.1, 0.15) is 0 Å². The van der Waals surface area contributed by atoms with Crippen molar-refractivity contribution in [3.05, 3.63) is 63.1 Å². The number of rotatable bonds is 3. The zero-order chi connectivity index (χ0) is 17.0. The van der Waals surface area contributed by atoms with Crippen molar-refractivity contribution >= 4 is 52.4 Å². The first-order valence-corrected chi connectivity index (χ1v) is 7.90. The molecule has 23 heavy (non-hydrogen) atoms. The fourth-order valence-electron chi connectivity index (χ4n) is 2.01. The Balaban J connectivity index is 2.19. The van der Waals surface area contributed by atoms with E-state index in [1.165, 1.54) is 17.0 Å². The van der Waals surface area contributed by atoms with Gasteiger partial charge in [-0.3, -0.25) is 15.0 Å². The molecule has 2 aromatic carbocycles. The second kappa shape index (κ2) is 7.68. The van der Waals surface area contributed by atoms with E-state index < -0.39 is 11.9 Å². The van der Waals surface area contributed by atoms with E-state index in [4.69, 9.17) is 34.8 Å². The lowest BCUT2D eigenvalue weighted by molar-refractivity contribution is 0.0966. The second-order valence-electron chi connectivity index (χ2n) is 4.58. The summed E-state index contributed by atoms with van der Waals surface area (Å²) in [5.74, 6) is -0.655. The third kappa shape index (κ3) is 4.16. The minimum Gasteiger partial charge on any atom is -0.294 e. The van der Waals surface area contributed by atoms with Crippen LogP contribution in [0.2, 0.25) is 15.1 Å². The van der Waals surface area contributed by atoms with Crippen molar-refractivity contribution in [3.63, 3.8) is 0 Å². The number of anilines is 1. The predicted molar refractivity (Wildman–Crippen MR) is 93.8 cm³/mol. The topological polar surface area (TPSA) is 49.4 Å². The summed E-state index contributed by atoms with van der Waals surface area (Å²) in [6.45, 7) is 2.16. The number of amides is 3. The average molecular weight is 372 g/mol. The van der Waals surface area contributed by atoms with Crippen LogP contribution in [0.5, 0.6) is 0 Å².